The third kappa shape index (κ3) is 8.11. The third-order valence-corrected chi connectivity index (χ3v) is 12.8. The molecule has 3 heterocycles. The minimum Gasteiger partial charge on any atom is -0.501 e. The maximum Gasteiger partial charge on any atom is 3.00 e. The fourth-order valence-electron chi connectivity index (χ4n) is 9.60. The molecule has 0 aliphatic heterocycles. The van der Waals surface area contributed by atoms with Crippen LogP contribution in [0.15, 0.2) is 156 Å². The number of fused-ring (bicyclic) bond motifs is 6. The van der Waals surface area contributed by atoms with Gasteiger partial charge in [0.2, 0.25) is 0 Å². The van der Waals surface area contributed by atoms with E-state index >= 15 is 0 Å². The molecule has 6 heteroatoms. The molecule has 3 aromatic heterocycles. The summed E-state index contributed by atoms with van der Waals surface area (Å²) in [5, 5.41) is 3.42. The average Bonchev–Trinajstić information content (AvgIpc) is 4.04. The van der Waals surface area contributed by atoms with Crippen LogP contribution in [0.1, 0.15) is 111 Å². The van der Waals surface area contributed by atoms with Crippen LogP contribution in [0.2, 0.25) is 0 Å². The van der Waals surface area contributed by atoms with Gasteiger partial charge < -0.3 is 13.6 Å². The fourth-order valence-corrected chi connectivity index (χ4v) is 9.60. The molecular formula is C61H56IrN4O+. The second-order valence-electron chi connectivity index (χ2n) is 18.6. The standard InChI is InChI=1S/C36H31N2O.C25H25N2.Ir/c1-21(2)26-13-10-14-27(22(3)4)34(26)38-31-16-9-8-15-30(31)37-36(38)28-18-17-23(5)33-29-19-24-11-6-7-12-25(24)20-32(29)39-35(28)33;1-17(2)20-13-10-14-21(18(3)4)24(20)27-23-16-9-8-15-22(23)26-25(27)19-11-6-5-7-12-19;/h6-17,19-22H,1-5H3;5-11,13-18H,1-4H3;/q2*-1;+3/i5D3;;. The van der Waals surface area contributed by atoms with Crippen molar-refractivity contribution in [1.29, 1.82) is 0 Å². The Balaban J connectivity index is 0.000000188. The SMILES string of the molecule is CC(C)c1cccc(C(C)C)c1-n1c(-c2[c-]cccc2)nc2ccccc21.[2H]C([2H])([2H])c1c[c-]c(-c2[n-]c3ccccc3[n+]2-c2c(C(C)C)cccc2C(C)C)c2oc3cc4ccccc4cc3c12.[Ir+3]. The quantitative estimate of drug-likeness (QED) is 0.113. The zero-order valence-corrected chi connectivity index (χ0v) is 41.7. The number of imidazole rings is 2. The Bertz CT molecular complexity index is 3640. The van der Waals surface area contributed by atoms with Crippen molar-refractivity contribution in [2.75, 3.05) is 0 Å². The van der Waals surface area contributed by atoms with Crippen molar-refractivity contribution >= 4 is 54.8 Å². The molecule has 0 atom stereocenters. The van der Waals surface area contributed by atoms with Gasteiger partial charge in [0.1, 0.15) is 5.58 Å². The monoisotopic (exact) mass is 1060 g/mol. The Morgan fingerprint density at radius 2 is 1.27 bits per heavy atom. The number of hydrogen-bond acceptors (Lipinski definition) is 2. The van der Waals surface area contributed by atoms with Crippen molar-refractivity contribution in [1.82, 2.24) is 14.5 Å². The van der Waals surface area contributed by atoms with E-state index in [1.54, 1.807) is 6.07 Å². The van der Waals surface area contributed by atoms with Crippen LogP contribution in [0.25, 0.3) is 88.9 Å². The Hall–Kier alpha value is -6.59. The van der Waals surface area contributed by atoms with Gasteiger partial charge in [-0.25, -0.2) is 0 Å². The molecule has 0 bridgehead atoms. The van der Waals surface area contributed by atoms with E-state index in [0.29, 0.717) is 39.8 Å². The van der Waals surface area contributed by atoms with Crippen molar-refractivity contribution in [3.8, 4) is 34.2 Å². The summed E-state index contributed by atoms with van der Waals surface area (Å²) in [5.74, 6) is 3.02. The summed E-state index contributed by atoms with van der Waals surface area (Å²) in [6, 6.07) is 58.2. The van der Waals surface area contributed by atoms with Gasteiger partial charge in [0.15, 0.2) is 0 Å². The number of hydrogen-bond donors (Lipinski definition) is 0. The molecule has 0 aliphatic carbocycles. The summed E-state index contributed by atoms with van der Waals surface area (Å²) in [4.78, 5) is 10.2. The average molecular weight is 1060 g/mol. The summed E-state index contributed by atoms with van der Waals surface area (Å²) in [5.41, 5.74) is 14.5. The van der Waals surface area contributed by atoms with E-state index in [9.17, 15) is 0 Å². The summed E-state index contributed by atoms with van der Waals surface area (Å²) in [6.07, 6.45) is 0. The Morgan fingerprint density at radius 3 is 1.93 bits per heavy atom. The van der Waals surface area contributed by atoms with Gasteiger partial charge in [0.05, 0.1) is 39.3 Å². The summed E-state index contributed by atoms with van der Waals surface area (Å²) in [6.45, 7) is 15.5. The normalized spacial score (nSPS) is 12.6. The fraction of sp³-hybridized carbons (Fsp3) is 0.213. The van der Waals surface area contributed by atoms with Gasteiger partial charge >= 0.3 is 20.1 Å². The molecular weight excluding hydrogens is 997 g/mol. The number of rotatable bonds is 8. The molecule has 11 aromatic rings. The third-order valence-electron chi connectivity index (χ3n) is 12.8. The number of aromatic nitrogens is 4. The molecule has 0 amide bonds. The molecule has 0 radical (unpaired) electrons. The van der Waals surface area contributed by atoms with E-state index in [1.165, 1.54) is 27.9 Å². The smallest absolute Gasteiger partial charge is 0.501 e. The van der Waals surface area contributed by atoms with Crippen LogP contribution < -0.4 is 9.55 Å². The number of benzene rings is 8. The van der Waals surface area contributed by atoms with E-state index < -0.39 is 6.85 Å². The van der Waals surface area contributed by atoms with E-state index in [-0.39, 0.29) is 37.5 Å². The maximum absolute atomic E-state index is 8.37. The molecule has 0 saturated carbocycles. The molecule has 0 N–H and O–H groups in total. The van der Waals surface area contributed by atoms with E-state index in [4.69, 9.17) is 18.5 Å². The van der Waals surface area contributed by atoms with Crippen LogP contribution in [-0.2, 0) is 20.1 Å². The van der Waals surface area contributed by atoms with Crippen LogP contribution >= 0.6 is 0 Å². The zero-order valence-electron chi connectivity index (χ0n) is 42.3. The van der Waals surface area contributed by atoms with Gasteiger partial charge in [-0.2, -0.15) is 0 Å². The van der Waals surface area contributed by atoms with Crippen LogP contribution in [-0.4, -0.2) is 9.55 Å². The molecule has 0 aliphatic rings. The second-order valence-corrected chi connectivity index (χ2v) is 18.6. The maximum atomic E-state index is 8.37. The molecule has 334 valence electrons. The molecule has 11 rings (SSSR count). The minimum atomic E-state index is -2.34. The first-order chi connectivity index (χ1) is 33.2. The Morgan fingerprint density at radius 1 is 0.657 bits per heavy atom. The summed E-state index contributed by atoms with van der Waals surface area (Å²) >= 11 is 0. The van der Waals surface area contributed by atoms with E-state index in [2.05, 4.69) is 149 Å². The minimum absolute atomic E-state index is 0. The van der Waals surface area contributed by atoms with Crippen LogP contribution in [0.3, 0.4) is 0 Å². The van der Waals surface area contributed by atoms with Crippen LogP contribution in [0.5, 0.6) is 0 Å². The molecule has 0 unspecified atom stereocenters. The summed E-state index contributed by atoms with van der Waals surface area (Å²) in [7, 11) is 0. The molecule has 0 fully saturated rings. The van der Waals surface area contributed by atoms with Gasteiger partial charge in [-0.3, -0.25) is 9.97 Å². The van der Waals surface area contributed by atoms with Gasteiger partial charge in [0, 0.05) is 20.9 Å². The topological polar surface area (TPSA) is 48.9 Å². The largest absolute Gasteiger partial charge is 3.00 e. The Kier molecular flexibility index (Phi) is 11.6. The predicted molar refractivity (Wildman–Crippen MR) is 274 cm³/mol. The van der Waals surface area contributed by atoms with Crippen molar-refractivity contribution in [3.05, 3.63) is 192 Å². The van der Waals surface area contributed by atoms with Gasteiger partial charge in [-0.05, 0) is 93.1 Å². The van der Waals surface area contributed by atoms with Crippen molar-refractivity contribution in [2.45, 2.75) is 85.9 Å². The first-order valence-corrected chi connectivity index (χ1v) is 23.2. The molecule has 0 saturated heterocycles. The molecule has 0 spiro atoms. The molecule has 8 aromatic carbocycles. The van der Waals surface area contributed by atoms with Crippen molar-refractivity contribution < 1.29 is 33.2 Å². The van der Waals surface area contributed by atoms with Crippen molar-refractivity contribution in [2.24, 2.45) is 0 Å². The van der Waals surface area contributed by atoms with E-state index in [0.717, 1.165) is 55.3 Å². The first kappa shape index (κ1) is 41.8. The second kappa shape index (κ2) is 18.6. The number of aryl methyl sites for hydroxylation is 1. The van der Waals surface area contributed by atoms with Gasteiger partial charge in [-0.1, -0.05) is 158 Å². The van der Waals surface area contributed by atoms with E-state index in [1.807, 2.05) is 72.8 Å². The Labute approximate surface area is 412 Å². The number of para-hydroxylation sites is 6. The number of nitrogens with zero attached hydrogens (tertiary/aromatic N) is 4. The van der Waals surface area contributed by atoms with Crippen molar-refractivity contribution in [3.63, 3.8) is 0 Å². The van der Waals surface area contributed by atoms with Gasteiger partial charge in [-0.15, -0.1) is 53.6 Å². The summed E-state index contributed by atoms with van der Waals surface area (Å²) < 4.78 is 36.3. The van der Waals surface area contributed by atoms with Gasteiger partial charge in [0.25, 0.3) is 0 Å². The van der Waals surface area contributed by atoms with Crippen LogP contribution in [0.4, 0.5) is 0 Å². The predicted octanol–water partition coefficient (Wildman–Crippen LogP) is 15.9. The number of furan rings is 1. The van der Waals surface area contributed by atoms with Crippen LogP contribution in [0, 0.1) is 19.0 Å². The molecule has 5 nitrogen and oxygen atoms in total. The first-order valence-electron chi connectivity index (χ1n) is 24.7. The zero-order chi connectivity index (χ0) is 48.3. The molecule has 67 heavy (non-hydrogen) atoms.